The Labute approximate surface area is 60.9 Å². The zero-order valence-corrected chi connectivity index (χ0v) is 6.27. The largest absolute Gasteiger partial charge is 0.303 e. The molecule has 2 heteroatoms. The molecule has 0 bridgehead atoms. The van der Waals surface area contributed by atoms with Gasteiger partial charge in [0.2, 0.25) is 0 Å². The number of halogens is 1. The van der Waals surface area contributed by atoms with Gasteiger partial charge < -0.3 is 4.79 Å². The molecule has 0 aliphatic rings. The Balaban J connectivity index is 3.38. The van der Waals surface area contributed by atoms with Crippen LogP contribution in [0.2, 0.25) is 0 Å². The van der Waals surface area contributed by atoms with Crippen LogP contribution < -0.4 is 0 Å². The maximum Gasteiger partial charge on any atom is 0.123 e. The minimum absolute atomic E-state index is 0.158. The van der Waals surface area contributed by atoms with Crippen LogP contribution in [0.3, 0.4) is 0 Å². The van der Waals surface area contributed by atoms with Crippen LogP contribution in [0.1, 0.15) is 32.6 Å². The van der Waals surface area contributed by atoms with Gasteiger partial charge >= 0.3 is 0 Å². The smallest absolute Gasteiger partial charge is 0.123 e. The predicted molar refractivity (Wildman–Crippen MR) is 39.4 cm³/mol. The summed E-state index contributed by atoms with van der Waals surface area (Å²) in [6.45, 7) is 2.01. The number of rotatable bonds is 5. The Morgan fingerprint density at radius 3 is 2.80 bits per heavy atom. The van der Waals surface area contributed by atoms with E-state index >= 15 is 0 Å². The molecule has 0 rings (SSSR count). The topological polar surface area (TPSA) is 17.1 Å². The molecule has 0 saturated heterocycles. The number of hydrogen-bond acceptors (Lipinski definition) is 1. The Bertz CT molecular complexity index is 118. The highest BCUT2D eigenvalue weighted by Crippen LogP contribution is 2.08. The lowest BCUT2D eigenvalue weighted by Crippen LogP contribution is -1.76. The van der Waals surface area contributed by atoms with E-state index < -0.39 is 0 Å². The maximum atomic E-state index is 12.5. The SMILES string of the molecule is CCCCC(F)=CCC=O. The summed E-state index contributed by atoms with van der Waals surface area (Å²) in [5, 5.41) is 0. The lowest BCUT2D eigenvalue weighted by molar-refractivity contribution is -0.107. The monoisotopic (exact) mass is 144 g/mol. The number of unbranched alkanes of at least 4 members (excludes halogenated alkanes) is 1. The van der Waals surface area contributed by atoms with Crippen LogP contribution in [0.25, 0.3) is 0 Å². The van der Waals surface area contributed by atoms with Gasteiger partial charge in [0.05, 0.1) is 5.83 Å². The van der Waals surface area contributed by atoms with E-state index in [1.165, 1.54) is 6.08 Å². The van der Waals surface area contributed by atoms with Crippen LogP contribution >= 0.6 is 0 Å². The molecule has 0 saturated carbocycles. The van der Waals surface area contributed by atoms with Crippen molar-refractivity contribution in [3.8, 4) is 0 Å². The molecule has 0 aromatic rings. The minimum Gasteiger partial charge on any atom is -0.303 e. The fourth-order valence-corrected chi connectivity index (χ4v) is 0.624. The molecule has 10 heavy (non-hydrogen) atoms. The molecular formula is C8H13FO. The van der Waals surface area contributed by atoms with Crippen LogP contribution in [0.5, 0.6) is 0 Å². The van der Waals surface area contributed by atoms with E-state index in [4.69, 9.17) is 0 Å². The van der Waals surface area contributed by atoms with Gasteiger partial charge in [0.15, 0.2) is 0 Å². The summed E-state index contributed by atoms with van der Waals surface area (Å²) < 4.78 is 12.5. The molecule has 58 valence electrons. The van der Waals surface area contributed by atoms with Gasteiger partial charge in [-0.1, -0.05) is 13.3 Å². The van der Waals surface area contributed by atoms with E-state index in [1.54, 1.807) is 0 Å². The number of hydrogen-bond donors (Lipinski definition) is 0. The van der Waals surface area contributed by atoms with Crippen LogP contribution in [0.15, 0.2) is 11.9 Å². The Morgan fingerprint density at radius 1 is 1.60 bits per heavy atom. The molecular weight excluding hydrogens is 131 g/mol. The molecule has 0 aliphatic heterocycles. The van der Waals surface area contributed by atoms with Crippen molar-refractivity contribution in [1.29, 1.82) is 0 Å². The van der Waals surface area contributed by atoms with Crippen LogP contribution in [-0.2, 0) is 4.79 Å². The molecule has 0 heterocycles. The van der Waals surface area contributed by atoms with Gasteiger partial charge in [-0.25, -0.2) is 4.39 Å². The Kier molecular flexibility index (Phi) is 6.03. The molecule has 0 N–H and O–H groups in total. The van der Waals surface area contributed by atoms with Crippen molar-refractivity contribution >= 4 is 6.29 Å². The summed E-state index contributed by atoms with van der Waals surface area (Å²) in [4.78, 5) is 9.77. The molecule has 0 atom stereocenters. The molecule has 0 aromatic carbocycles. The number of allylic oxidation sites excluding steroid dienone is 2. The molecule has 0 radical (unpaired) electrons. The van der Waals surface area contributed by atoms with Crippen molar-refractivity contribution in [2.24, 2.45) is 0 Å². The van der Waals surface area contributed by atoms with Crippen molar-refractivity contribution < 1.29 is 9.18 Å². The normalized spacial score (nSPS) is 11.6. The first kappa shape index (κ1) is 9.34. The fourth-order valence-electron chi connectivity index (χ4n) is 0.624. The van der Waals surface area contributed by atoms with Crippen LogP contribution in [0.4, 0.5) is 4.39 Å². The van der Waals surface area contributed by atoms with Gasteiger partial charge in [0, 0.05) is 6.42 Å². The quantitative estimate of drug-likeness (QED) is 0.542. The van der Waals surface area contributed by atoms with Gasteiger partial charge in [-0.15, -0.1) is 0 Å². The molecule has 1 nitrogen and oxygen atoms in total. The molecule has 0 spiro atoms. The fraction of sp³-hybridized carbons (Fsp3) is 0.625. The van der Waals surface area contributed by atoms with Gasteiger partial charge in [0.1, 0.15) is 6.29 Å². The molecule has 0 fully saturated rings. The van der Waals surface area contributed by atoms with Gasteiger partial charge in [-0.05, 0) is 18.9 Å². The van der Waals surface area contributed by atoms with E-state index in [1.807, 2.05) is 6.92 Å². The molecule has 0 amide bonds. The number of carbonyl (C=O) groups is 1. The van der Waals surface area contributed by atoms with Crippen molar-refractivity contribution in [3.63, 3.8) is 0 Å². The highest BCUT2D eigenvalue weighted by Gasteiger charge is 1.91. The van der Waals surface area contributed by atoms with E-state index in [9.17, 15) is 9.18 Å². The summed E-state index contributed by atoms with van der Waals surface area (Å²) in [6, 6.07) is 0. The zero-order chi connectivity index (χ0) is 7.82. The average Bonchev–Trinajstić information content (AvgIpc) is 1.97. The summed E-state index contributed by atoms with van der Waals surface area (Å²) >= 11 is 0. The second-order valence-electron chi connectivity index (χ2n) is 2.16. The summed E-state index contributed by atoms with van der Waals surface area (Å²) in [7, 11) is 0. The van der Waals surface area contributed by atoms with E-state index in [-0.39, 0.29) is 12.2 Å². The highest BCUT2D eigenvalue weighted by atomic mass is 19.1. The van der Waals surface area contributed by atoms with Crippen molar-refractivity contribution in [2.75, 3.05) is 0 Å². The zero-order valence-electron chi connectivity index (χ0n) is 6.27. The number of aldehydes is 1. The van der Waals surface area contributed by atoms with Crippen LogP contribution in [-0.4, -0.2) is 6.29 Å². The third-order valence-corrected chi connectivity index (χ3v) is 1.20. The first-order valence-electron chi connectivity index (χ1n) is 3.59. The van der Waals surface area contributed by atoms with Gasteiger partial charge in [-0.2, -0.15) is 0 Å². The summed E-state index contributed by atoms with van der Waals surface area (Å²) in [6.07, 6.45) is 4.57. The lowest BCUT2D eigenvalue weighted by atomic mass is 10.2. The van der Waals surface area contributed by atoms with E-state index in [2.05, 4.69) is 0 Å². The molecule has 0 unspecified atom stereocenters. The minimum atomic E-state index is -0.158. The second-order valence-corrected chi connectivity index (χ2v) is 2.16. The average molecular weight is 144 g/mol. The number of carbonyl (C=O) groups excluding carboxylic acids is 1. The molecule has 0 aromatic heterocycles. The third kappa shape index (κ3) is 5.48. The van der Waals surface area contributed by atoms with Gasteiger partial charge in [-0.3, -0.25) is 0 Å². The second kappa shape index (κ2) is 6.46. The van der Waals surface area contributed by atoms with Crippen LogP contribution in [0, 0.1) is 0 Å². The highest BCUT2D eigenvalue weighted by molar-refractivity contribution is 5.52. The van der Waals surface area contributed by atoms with E-state index in [0.717, 1.165) is 12.8 Å². The van der Waals surface area contributed by atoms with Crippen molar-refractivity contribution in [2.45, 2.75) is 32.6 Å². The van der Waals surface area contributed by atoms with Gasteiger partial charge in [0.25, 0.3) is 0 Å². The van der Waals surface area contributed by atoms with Crippen molar-refractivity contribution in [1.82, 2.24) is 0 Å². The first-order chi connectivity index (χ1) is 4.81. The molecule has 0 aliphatic carbocycles. The lowest BCUT2D eigenvalue weighted by Gasteiger charge is -1.92. The Morgan fingerprint density at radius 2 is 2.30 bits per heavy atom. The first-order valence-corrected chi connectivity index (χ1v) is 3.59. The predicted octanol–water partition coefficient (Wildman–Crippen LogP) is 2.62. The summed E-state index contributed by atoms with van der Waals surface area (Å²) in [5.41, 5.74) is 0. The Hall–Kier alpha value is -0.660. The van der Waals surface area contributed by atoms with Crippen molar-refractivity contribution in [3.05, 3.63) is 11.9 Å². The summed E-state index contributed by atoms with van der Waals surface area (Å²) in [5.74, 6) is -0.158. The standard InChI is InChI=1S/C8H13FO/c1-2-3-5-8(9)6-4-7-10/h6-7H,2-5H2,1H3. The third-order valence-electron chi connectivity index (χ3n) is 1.20. The van der Waals surface area contributed by atoms with E-state index in [0.29, 0.717) is 12.7 Å². The maximum absolute atomic E-state index is 12.5.